The van der Waals surface area contributed by atoms with Crippen LogP contribution >= 0.6 is 0 Å². The number of anilines is 1. The predicted octanol–water partition coefficient (Wildman–Crippen LogP) is 2.16. The number of aryl methyl sites for hydroxylation is 1. The monoisotopic (exact) mass is 427 g/mol. The minimum atomic E-state index is -0.697. The maximum Gasteiger partial charge on any atom is 0.241 e. The molecular weight excluding hydrogens is 397 g/mol. The van der Waals surface area contributed by atoms with Crippen molar-refractivity contribution in [2.24, 2.45) is 0 Å². The standard InChI is InChI=1S/C24H30FN3O3/c25-21-8-2-4-10-23(21)31-18-20(29)16-26-12-14-27(15-13-26)17-24(30)28-11-5-7-19-6-1-3-9-22(19)28/h1-4,6,8-10,20,29H,5,7,11-18H2. The molecule has 1 saturated heterocycles. The molecule has 1 N–H and O–H groups in total. The summed E-state index contributed by atoms with van der Waals surface area (Å²) in [4.78, 5) is 19.2. The molecule has 4 rings (SSSR count). The van der Waals surface area contributed by atoms with Gasteiger partial charge in [-0.2, -0.15) is 0 Å². The molecule has 7 heteroatoms. The molecule has 1 fully saturated rings. The molecule has 0 radical (unpaired) electrons. The summed E-state index contributed by atoms with van der Waals surface area (Å²) in [7, 11) is 0. The van der Waals surface area contributed by atoms with Gasteiger partial charge in [-0.3, -0.25) is 14.6 Å². The van der Waals surface area contributed by atoms with Crippen molar-refractivity contribution in [3.8, 4) is 5.75 Å². The Morgan fingerprint density at radius 3 is 2.52 bits per heavy atom. The van der Waals surface area contributed by atoms with Gasteiger partial charge >= 0.3 is 0 Å². The van der Waals surface area contributed by atoms with E-state index in [4.69, 9.17) is 4.74 Å². The average molecular weight is 428 g/mol. The van der Waals surface area contributed by atoms with Crippen molar-refractivity contribution < 1.29 is 19.0 Å². The van der Waals surface area contributed by atoms with E-state index in [0.717, 1.165) is 51.3 Å². The number of ether oxygens (including phenoxy) is 1. The molecule has 0 aliphatic carbocycles. The maximum atomic E-state index is 13.6. The molecule has 1 amide bonds. The van der Waals surface area contributed by atoms with E-state index in [1.54, 1.807) is 18.2 Å². The minimum Gasteiger partial charge on any atom is -0.488 e. The largest absolute Gasteiger partial charge is 0.488 e. The number of fused-ring (bicyclic) bond motifs is 1. The van der Waals surface area contributed by atoms with Gasteiger partial charge in [-0.1, -0.05) is 30.3 Å². The van der Waals surface area contributed by atoms with Crippen molar-refractivity contribution in [1.82, 2.24) is 9.80 Å². The molecule has 0 spiro atoms. The van der Waals surface area contributed by atoms with Gasteiger partial charge in [-0.05, 0) is 36.6 Å². The summed E-state index contributed by atoms with van der Waals surface area (Å²) in [6.07, 6.45) is 1.34. The molecule has 2 aromatic carbocycles. The molecule has 0 aromatic heterocycles. The molecule has 6 nitrogen and oxygen atoms in total. The minimum absolute atomic E-state index is 0.0496. The van der Waals surface area contributed by atoms with Gasteiger partial charge in [0.25, 0.3) is 0 Å². The van der Waals surface area contributed by atoms with Crippen molar-refractivity contribution in [2.75, 3.05) is 57.3 Å². The smallest absolute Gasteiger partial charge is 0.241 e. The Hall–Kier alpha value is -2.48. The highest BCUT2D eigenvalue weighted by Gasteiger charge is 2.26. The number of β-amino-alcohol motifs (C(OH)–C–C–N with tert-alkyl or cyclic N) is 1. The summed E-state index contributed by atoms with van der Waals surface area (Å²) in [6.45, 7) is 4.83. The van der Waals surface area contributed by atoms with Crippen LogP contribution in [-0.4, -0.2) is 79.3 Å². The first-order chi connectivity index (χ1) is 15.1. The van der Waals surface area contributed by atoms with Gasteiger partial charge in [-0.15, -0.1) is 0 Å². The fourth-order valence-corrected chi connectivity index (χ4v) is 4.30. The van der Waals surface area contributed by atoms with Gasteiger partial charge in [0.15, 0.2) is 11.6 Å². The summed E-state index contributed by atoms with van der Waals surface area (Å²) in [5, 5.41) is 10.3. The SMILES string of the molecule is O=C(CN1CCN(CC(O)COc2ccccc2F)CC1)N1CCCc2ccccc21. The third-order valence-corrected chi connectivity index (χ3v) is 5.97. The maximum absolute atomic E-state index is 13.6. The van der Waals surface area contributed by atoms with E-state index in [2.05, 4.69) is 15.9 Å². The second-order valence-corrected chi connectivity index (χ2v) is 8.25. The molecule has 31 heavy (non-hydrogen) atoms. The van der Waals surface area contributed by atoms with Crippen molar-refractivity contribution in [3.05, 3.63) is 59.9 Å². The number of aliphatic hydroxyl groups excluding tert-OH is 1. The normalized spacial score (nSPS) is 18.5. The summed E-state index contributed by atoms with van der Waals surface area (Å²) >= 11 is 0. The number of benzene rings is 2. The molecule has 2 heterocycles. The zero-order chi connectivity index (χ0) is 21.6. The van der Waals surface area contributed by atoms with E-state index < -0.39 is 11.9 Å². The molecule has 2 aliphatic heterocycles. The van der Waals surface area contributed by atoms with Crippen LogP contribution in [0, 0.1) is 5.82 Å². The molecule has 0 bridgehead atoms. The molecule has 166 valence electrons. The van der Waals surface area contributed by atoms with E-state index in [1.165, 1.54) is 11.6 Å². The van der Waals surface area contributed by atoms with Gasteiger partial charge in [0.1, 0.15) is 12.7 Å². The van der Waals surface area contributed by atoms with Gasteiger partial charge in [0, 0.05) is 45.0 Å². The number of piperazine rings is 1. The van der Waals surface area contributed by atoms with Gasteiger partial charge in [0.2, 0.25) is 5.91 Å². The van der Waals surface area contributed by atoms with Crippen LogP contribution < -0.4 is 9.64 Å². The topological polar surface area (TPSA) is 56.3 Å². The summed E-state index contributed by atoms with van der Waals surface area (Å²) in [6, 6.07) is 14.4. The predicted molar refractivity (Wildman–Crippen MR) is 118 cm³/mol. The van der Waals surface area contributed by atoms with Crippen LogP contribution in [0.4, 0.5) is 10.1 Å². The lowest BCUT2D eigenvalue weighted by molar-refractivity contribution is -0.120. The second kappa shape index (κ2) is 10.2. The van der Waals surface area contributed by atoms with E-state index in [0.29, 0.717) is 13.1 Å². The van der Waals surface area contributed by atoms with Crippen molar-refractivity contribution in [2.45, 2.75) is 18.9 Å². The van der Waals surface area contributed by atoms with Crippen LogP contribution in [0.15, 0.2) is 48.5 Å². The third kappa shape index (κ3) is 5.61. The van der Waals surface area contributed by atoms with Crippen LogP contribution in [0.25, 0.3) is 0 Å². The Kier molecular flexibility index (Phi) is 7.17. The van der Waals surface area contributed by atoms with Crippen molar-refractivity contribution in [3.63, 3.8) is 0 Å². The first-order valence-electron chi connectivity index (χ1n) is 11.0. The number of amides is 1. The second-order valence-electron chi connectivity index (χ2n) is 8.25. The van der Waals surface area contributed by atoms with E-state index >= 15 is 0 Å². The fraction of sp³-hybridized carbons (Fsp3) is 0.458. The van der Waals surface area contributed by atoms with Crippen LogP contribution in [-0.2, 0) is 11.2 Å². The van der Waals surface area contributed by atoms with Crippen LogP contribution in [0.5, 0.6) is 5.75 Å². The molecular formula is C24H30FN3O3. The van der Waals surface area contributed by atoms with Gasteiger partial charge < -0.3 is 14.7 Å². The Morgan fingerprint density at radius 2 is 1.71 bits per heavy atom. The van der Waals surface area contributed by atoms with Gasteiger partial charge in [-0.25, -0.2) is 4.39 Å². The first-order valence-corrected chi connectivity index (χ1v) is 11.0. The highest BCUT2D eigenvalue weighted by molar-refractivity contribution is 5.95. The fourth-order valence-electron chi connectivity index (χ4n) is 4.30. The van der Waals surface area contributed by atoms with Crippen LogP contribution in [0.1, 0.15) is 12.0 Å². The molecule has 2 aromatic rings. The average Bonchev–Trinajstić information content (AvgIpc) is 2.79. The number of nitrogens with zero attached hydrogens (tertiary/aromatic N) is 3. The number of para-hydroxylation sites is 2. The summed E-state index contributed by atoms with van der Waals surface area (Å²) in [5.74, 6) is -0.118. The highest BCUT2D eigenvalue weighted by atomic mass is 19.1. The number of carbonyl (C=O) groups is 1. The number of hydrogen-bond acceptors (Lipinski definition) is 5. The lowest BCUT2D eigenvalue weighted by Crippen LogP contribution is -2.52. The van der Waals surface area contributed by atoms with Gasteiger partial charge in [0.05, 0.1) is 6.54 Å². The zero-order valence-corrected chi connectivity index (χ0v) is 17.8. The van der Waals surface area contributed by atoms with Crippen molar-refractivity contribution >= 4 is 11.6 Å². The number of hydrogen-bond donors (Lipinski definition) is 1. The number of carbonyl (C=O) groups excluding carboxylic acids is 1. The molecule has 1 unspecified atom stereocenters. The summed E-state index contributed by atoms with van der Waals surface area (Å²) in [5.41, 5.74) is 2.30. The number of aliphatic hydroxyl groups is 1. The zero-order valence-electron chi connectivity index (χ0n) is 17.8. The van der Waals surface area contributed by atoms with E-state index in [1.807, 2.05) is 23.1 Å². The van der Waals surface area contributed by atoms with Crippen LogP contribution in [0.2, 0.25) is 0 Å². The molecule has 2 aliphatic rings. The lowest BCUT2D eigenvalue weighted by atomic mass is 10.0. The Bertz CT molecular complexity index is 886. The Morgan fingerprint density at radius 1 is 1.00 bits per heavy atom. The highest BCUT2D eigenvalue weighted by Crippen LogP contribution is 2.26. The lowest BCUT2D eigenvalue weighted by Gasteiger charge is -2.37. The van der Waals surface area contributed by atoms with E-state index in [9.17, 15) is 14.3 Å². The van der Waals surface area contributed by atoms with E-state index in [-0.39, 0.29) is 18.3 Å². The summed E-state index contributed by atoms with van der Waals surface area (Å²) < 4.78 is 19.0. The molecule has 1 atom stereocenters. The molecule has 0 saturated carbocycles. The number of rotatable bonds is 7. The number of halogens is 1. The first kappa shape index (κ1) is 21.7. The van der Waals surface area contributed by atoms with Crippen molar-refractivity contribution in [1.29, 1.82) is 0 Å². The quantitative estimate of drug-likeness (QED) is 0.734. The Balaban J connectivity index is 1.20. The third-order valence-electron chi connectivity index (χ3n) is 5.97. The van der Waals surface area contributed by atoms with Crippen LogP contribution in [0.3, 0.4) is 0 Å². The Labute approximate surface area is 182 Å².